The van der Waals surface area contributed by atoms with Crippen molar-refractivity contribution in [3.63, 3.8) is 0 Å². The predicted octanol–water partition coefficient (Wildman–Crippen LogP) is 1.82. The molecule has 8 nitrogen and oxygen atoms in total. The fourth-order valence-corrected chi connectivity index (χ4v) is 3.84. The highest BCUT2D eigenvalue weighted by Gasteiger charge is 2.23. The average molecular weight is 389 g/mol. The molecule has 0 bridgehead atoms. The standard InChI is InChI=1S/C18H23N5O3S/c1-4-6-23-17(15-5-11-26-13(15)2)19-20-18(23)27-12-16(25)22-9-7-21(8-10-22)14(3)24/h4-5,11H,1,6-10,12H2,2-3H3. The third-order valence-corrected chi connectivity index (χ3v) is 5.48. The Bertz CT molecular complexity index is 836. The molecule has 0 unspecified atom stereocenters. The number of carbonyl (C=O) groups excluding carboxylic acids is 2. The molecule has 2 aromatic rings. The van der Waals surface area contributed by atoms with E-state index < -0.39 is 0 Å². The van der Waals surface area contributed by atoms with E-state index in [9.17, 15) is 9.59 Å². The van der Waals surface area contributed by atoms with Crippen LogP contribution < -0.4 is 0 Å². The molecule has 0 radical (unpaired) electrons. The van der Waals surface area contributed by atoms with Crippen LogP contribution in [0.4, 0.5) is 0 Å². The maximum absolute atomic E-state index is 12.5. The second-order valence-electron chi connectivity index (χ2n) is 6.27. The Balaban J connectivity index is 1.65. The van der Waals surface area contributed by atoms with Gasteiger partial charge in [0.05, 0.1) is 17.6 Å². The second kappa shape index (κ2) is 8.43. The van der Waals surface area contributed by atoms with Crippen molar-refractivity contribution < 1.29 is 14.0 Å². The Morgan fingerprint density at radius 3 is 2.56 bits per heavy atom. The largest absolute Gasteiger partial charge is 0.469 e. The van der Waals surface area contributed by atoms with E-state index >= 15 is 0 Å². The van der Waals surface area contributed by atoms with E-state index in [0.717, 1.165) is 11.3 Å². The zero-order chi connectivity index (χ0) is 19.4. The molecule has 0 atom stereocenters. The molecule has 0 aliphatic carbocycles. The van der Waals surface area contributed by atoms with Crippen molar-refractivity contribution >= 4 is 23.6 Å². The molecular weight excluding hydrogens is 366 g/mol. The average Bonchev–Trinajstić information content (AvgIpc) is 3.26. The van der Waals surface area contributed by atoms with Gasteiger partial charge in [-0.25, -0.2) is 0 Å². The number of amides is 2. The molecule has 2 amide bonds. The molecule has 1 aliphatic heterocycles. The molecular formula is C18H23N5O3S. The number of hydrogen-bond donors (Lipinski definition) is 0. The molecule has 0 saturated carbocycles. The summed E-state index contributed by atoms with van der Waals surface area (Å²) >= 11 is 1.36. The maximum atomic E-state index is 12.5. The van der Waals surface area contributed by atoms with E-state index in [1.807, 2.05) is 17.6 Å². The van der Waals surface area contributed by atoms with Gasteiger partial charge in [0.2, 0.25) is 11.8 Å². The molecule has 1 saturated heterocycles. The lowest BCUT2D eigenvalue weighted by Gasteiger charge is -2.34. The molecule has 144 valence electrons. The molecule has 1 fully saturated rings. The number of piperazine rings is 1. The predicted molar refractivity (Wildman–Crippen MR) is 102 cm³/mol. The summed E-state index contributed by atoms with van der Waals surface area (Å²) < 4.78 is 7.29. The van der Waals surface area contributed by atoms with Crippen LogP contribution in [0.2, 0.25) is 0 Å². The first kappa shape index (κ1) is 19.2. The number of allylic oxidation sites excluding steroid dienone is 1. The Kier molecular flexibility index (Phi) is 6.00. The molecule has 27 heavy (non-hydrogen) atoms. The van der Waals surface area contributed by atoms with Crippen LogP contribution in [0.3, 0.4) is 0 Å². The number of carbonyl (C=O) groups is 2. The van der Waals surface area contributed by atoms with Crippen molar-refractivity contribution in [3.8, 4) is 11.4 Å². The van der Waals surface area contributed by atoms with Crippen molar-refractivity contribution in [1.82, 2.24) is 24.6 Å². The minimum atomic E-state index is 0.0393. The highest BCUT2D eigenvalue weighted by Crippen LogP contribution is 2.27. The number of thioether (sulfide) groups is 1. The lowest BCUT2D eigenvalue weighted by Crippen LogP contribution is -2.50. The van der Waals surface area contributed by atoms with E-state index in [2.05, 4.69) is 16.8 Å². The summed E-state index contributed by atoms with van der Waals surface area (Å²) in [6.07, 6.45) is 3.39. The van der Waals surface area contributed by atoms with Gasteiger partial charge in [-0.1, -0.05) is 17.8 Å². The van der Waals surface area contributed by atoms with Crippen molar-refractivity contribution in [3.05, 3.63) is 30.7 Å². The minimum Gasteiger partial charge on any atom is -0.469 e. The first-order valence-electron chi connectivity index (χ1n) is 8.76. The highest BCUT2D eigenvalue weighted by atomic mass is 32.2. The fraction of sp³-hybridized carbons (Fsp3) is 0.444. The van der Waals surface area contributed by atoms with Gasteiger partial charge in [-0.15, -0.1) is 16.8 Å². The summed E-state index contributed by atoms with van der Waals surface area (Å²) in [6, 6.07) is 1.85. The zero-order valence-corrected chi connectivity index (χ0v) is 16.4. The quantitative estimate of drug-likeness (QED) is 0.553. The van der Waals surface area contributed by atoms with Crippen molar-refractivity contribution in [2.45, 2.75) is 25.5 Å². The van der Waals surface area contributed by atoms with E-state index in [-0.39, 0.29) is 17.6 Å². The summed E-state index contributed by atoms with van der Waals surface area (Å²) in [5, 5.41) is 9.19. The monoisotopic (exact) mass is 389 g/mol. The number of aromatic nitrogens is 3. The summed E-state index contributed by atoms with van der Waals surface area (Å²) in [7, 11) is 0. The Labute approximate surface area is 162 Å². The van der Waals surface area contributed by atoms with Crippen LogP contribution in [-0.2, 0) is 16.1 Å². The Morgan fingerprint density at radius 2 is 1.96 bits per heavy atom. The van der Waals surface area contributed by atoms with Gasteiger partial charge in [-0.2, -0.15) is 0 Å². The lowest BCUT2D eigenvalue weighted by molar-refractivity contribution is -0.136. The van der Waals surface area contributed by atoms with Crippen molar-refractivity contribution in [1.29, 1.82) is 0 Å². The normalized spacial score (nSPS) is 14.4. The number of nitrogens with zero attached hydrogens (tertiary/aromatic N) is 5. The van der Waals surface area contributed by atoms with E-state index in [1.54, 1.807) is 29.1 Å². The third kappa shape index (κ3) is 4.24. The SMILES string of the molecule is C=CCn1c(SCC(=O)N2CCN(C(C)=O)CC2)nnc1-c1ccoc1C. The van der Waals surface area contributed by atoms with Crippen LogP contribution in [0.25, 0.3) is 11.4 Å². The van der Waals surface area contributed by atoms with Gasteiger partial charge in [0.15, 0.2) is 11.0 Å². The van der Waals surface area contributed by atoms with Gasteiger partial charge < -0.3 is 14.2 Å². The summed E-state index contributed by atoms with van der Waals surface area (Å²) in [6.45, 7) is 10.1. The van der Waals surface area contributed by atoms with Crippen LogP contribution in [0, 0.1) is 6.92 Å². The van der Waals surface area contributed by atoms with Crippen LogP contribution in [0.15, 0.2) is 34.6 Å². The Hall–Kier alpha value is -2.55. The van der Waals surface area contributed by atoms with E-state index in [4.69, 9.17) is 4.42 Å². The van der Waals surface area contributed by atoms with Crippen LogP contribution in [-0.4, -0.2) is 68.3 Å². The minimum absolute atomic E-state index is 0.0393. The number of hydrogen-bond acceptors (Lipinski definition) is 6. The smallest absolute Gasteiger partial charge is 0.233 e. The lowest BCUT2D eigenvalue weighted by atomic mass is 10.2. The van der Waals surface area contributed by atoms with Gasteiger partial charge in [0, 0.05) is 39.6 Å². The van der Waals surface area contributed by atoms with E-state index in [1.165, 1.54) is 11.8 Å². The summed E-state index contributed by atoms with van der Waals surface area (Å²) in [5.74, 6) is 1.84. The maximum Gasteiger partial charge on any atom is 0.233 e. The molecule has 9 heteroatoms. The third-order valence-electron chi connectivity index (χ3n) is 4.53. The van der Waals surface area contributed by atoms with Gasteiger partial charge >= 0.3 is 0 Å². The molecule has 3 heterocycles. The van der Waals surface area contributed by atoms with Crippen molar-refractivity contribution in [2.24, 2.45) is 0 Å². The van der Waals surface area contributed by atoms with Gasteiger partial charge in [-0.05, 0) is 13.0 Å². The zero-order valence-electron chi connectivity index (χ0n) is 15.6. The molecule has 3 rings (SSSR count). The van der Waals surface area contributed by atoms with Gasteiger partial charge in [0.1, 0.15) is 5.76 Å². The first-order valence-corrected chi connectivity index (χ1v) is 9.74. The van der Waals surface area contributed by atoms with E-state index in [0.29, 0.717) is 43.7 Å². The first-order chi connectivity index (χ1) is 13.0. The number of furan rings is 1. The number of aryl methyl sites for hydroxylation is 1. The van der Waals surface area contributed by atoms with Gasteiger partial charge in [-0.3, -0.25) is 14.2 Å². The molecule has 1 aliphatic rings. The summed E-state index contributed by atoms with van der Waals surface area (Å²) in [4.78, 5) is 27.5. The highest BCUT2D eigenvalue weighted by molar-refractivity contribution is 7.99. The van der Waals surface area contributed by atoms with Crippen LogP contribution >= 0.6 is 11.8 Å². The Morgan fingerprint density at radius 1 is 1.26 bits per heavy atom. The van der Waals surface area contributed by atoms with Gasteiger partial charge in [0.25, 0.3) is 0 Å². The van der Waals surface area contributed by atoms with Crippen LogP contribution in [0.5, 0.6) is 0 Å². The fourth-order valence-electron chi connectivity index (χ4n) is 2.99. The second-order valence-corrected chi connectivity index (χ2v) is 7.21. The molecule has 0 aromatic carbocycles. The van der Waals surface area contributed by atoms with Crippen molar-refractivity contribution in [2.75, 3.05) is 31.9 Å². The molecule has 2 aromatic heterocycles. The van der Waals surface area contributed by atoms with Crippen LogP contribution in [0.1, 0.15) is 12.7 Å². The summed E-state index contributed by atoms with van der Waals surface area (Å²) in [5.41, 5.74) is 0.878. The number of rotatable bonds is 6. The molecule has 0 N–H and O–H groups in total. The topological polar surface area (TPSA) is 84.5 Å². The molecule has 0 spiro atoms.